The number of hydrogen-bond donors (Lipinski definition) is 0. The molecule has 0 aliphatic rings. The molecule has 1 nitrogen and oxygen atoms in total. The van der Waals surface area contributed by atoms with Gasteiger partial charge >= 0.3 is 0 Å². The van der Waals surface area contributed by atoms with Crippen molar-refractivity contribution in [1.29, 1.82) is 0 Å². The molecular weight excluding hydrogens is 136 g/mol. The Morgan fingerprint density at radius 2 is 1.91 bits per heavy atom. The molecule has 0 N–H and O–H groups in total. The predicted molar refractivity (Wildman–Crippen MR) is 48.5 cm³/mol. The molecule has 11 heavy (non-hydrogen) atoms. The van der Waals surface area contributed by atoms with E-state index in [2.05, 4.69) is 13.0 Å². The van der Waals surface area contributed by atoms with Crippen molar-refractivity contribution < 1.29 is 4.79 Å². The first kappa shape index (κ1) is 10.2. The van der Waals surface area contributed by atoms with Gasteiger partial charge in [-0.15, -0.1) is 0 Å². The molecule has 0 aromatic heterocycles. The summed E-state index contributed by atoms with van der Waals surface area (Å²) in [5.74, 6) is 0. The van der Waals surface area contributed by atoms with Gasteiger partial charge in [0.1, 0.15) is 6.29 Å². The van der Waals surface area contributed by atoms with E-state index in [0.717, 1.165) is 12.7 Å². The summed E-state index contributed by atoms with van der Waals surface area (Å²) in [6.07, 6.45) is 13.0. The van der Waals surface area contributed by atoms with Crippen LogP contribution < -0.4 is 0 Å². The van der Waals surface area contributed by atoms with Crippen LogP contribution in [0.1, 0.15) is 32.6 Å². The molecule has 0 rings (SSSR count). The van der Waals surface area contributed by atoms with Crippen molar-refractivity contribution in [2.45, 2.75) is 32.6 Å². The summed E-state index contributed by atoms with van der Waals surface area (Å²) in [6, 6.07) is 0. The molecule has 0 amide bonds. The second-order valence-electron chi connectivity index (χ2n) is 2.44. The zero-order valence-corrected chi connectivity index (χ0v) is 7.12. The van der Waals surface area contributed by atoms with Gasteiger partial charge in [0.25, 0.3) is 0 Å². The van der Waals surface area contributed by atoms with Crippen molar-refractivity contribution in [3.8, 4) is 0 Å². The summed E-state index contributed by atoms with van der Waals surface area (Å²) in [5, 5.41) is 0. The molecule has 0 spiro atoms. The largest absolute Gasteiger partial charge is 0.299 e. The predicted octanol–water partition coefficient (Wildman–Crippen LogP) is 2.88. The number of unbranched alkanes of at least 4 members (excludes halogenated alkanes) is 3. The van der Waals surface area contributed by atoms with Gasteiger partial charge in [-0.05, 0) is 18.9 Å². The molecule has 0 aromatic rings. The number of hydrogen-bond acceptors (Lipinski definition) is 1. The molecule has 0 atom stereocenters. The molecule has 0 radical (unpaired) electrons. The Hall–Kier alpha value is -0.850. The Labute approximate surface area is 68.8 Å². The quantitative estimate of drug-likeness (QED) is 0.247. The van der Waals surface area contributed by atoms with Gasteiger partial charge in [-0.25, -0.2) is 0 Å². The maximum atomic E-state index is 9.82. The average Bonchev–Trinajstić information content (AvgIpc) is 2.03. The van der Waals surface area contributed by atoms with E-state index in [1.165, 1.54) is 25.3 Å². The van der Waals surface area contributed by atoms with Crippen LogP contribution in [0, 0.1) is 0 Å². The molecule has 1 heteroatoms. The minimum absolute atomic E-state index is 0.788. The van der Waals surface area contributed by atoms with E-state index < -0.39 is 0 Å². The Kier molecular flexibility index (Phi) is 8.44. The number of rotatable bonds is 6. The van der Waals surface area contributed by atoms with Crippen molar-refractivity contribution in [1.82, 2.24) is 0 Å². The van der Waals surface area contributed by atoms with Crippen molar-refractivity contribution in [2.75, 3.05) is 0 Å². The summed E-state index contributed by atoms with van der Waals surface area (Å²) in [6.45, 7) is 2.19. The number of allylic oxidation sites excluding steroid dienone is 4. The van der Waals surface area contributed by atoms with E-state index in [-0.39, 0.29) is 0 Å². The van der Waals surface area contributed by atoms with Gasteiger partial charge in [-0.3, -0.25) is 4.79 Å². The van der Waals surface area contributed by atoms with Crippen LogP contribution in [0.25, 0.3) is 0 Å². The Balaban J connectivity index is 3.15. The van der Waals surface area contributed by atoms with Crippen LogP contribution in [0.3, 0.4) is 0 Å². The normalized spacial score (nSPS) is 11.4. The molecule has 62 valence electrons. The lowest BCUT2D eigenvalue weighted by Gasteiger charge is -1.89. The van der Waals surface area contributed by atoms with E-state index in [1.54, 1.807) is 6.08 Å². The highest BCUT2D eigenvalue weighted by atomic mass is 16.1. The second kappa shape index (κ2) is 9.15. The number of carbonyl (C=O) groups excluding carboxylic acids is 1. The highest BCUT2D eigenvalue weighted by molar-refractivity contribution is 5.65. The fraction of sp³-hybridized carbons (Fsp3) is 0.500. The van der Waals surface area contributed by atoms with Gasteiger partial charge in [0, 0.05) is 0 Å². The number of aldehydes is 1. The monoisotopic (exact) mass is 152 g/mol. The molecule has 0 unspecified atom stereocenters. The summed E-state index contributed by atoms with van der Waals surface area (Å²) >= 11 is 0. The Morgan fingerprint density at radius 1 is 1.09 bits per heavy atom. The van der Waals surface area contributed by atoms with E-state index in [0.29, 0.717) is 0 Å². The van der Waals surface area contributed by atoms with Gasteiger partial charge in [0.05, 0.1) is 0 Å². The molecule has 0 aliphatic heterocycles. The fourth-order valence-electron chi connectivity index (χ4n) is 0.796. The molecule has 0 saturated heterocycles. The van der Waals surface area contributed by atoms with E-state index in [1.807, 2.05) is 6.08 Å². The van der Waals surface area contributed by atoms with Crippen LogP contribution in [0.5, 0.6) is 0 Å². The van der Waals surface area contributed by atoms with E-state index >= 15 is 0 Å². The van der Waals surface area contributed by atoms with Gasteiger partial charge in [0.15, 0.2) is 0 Å². The third-order valence-electron chi connectivity index (χ3n) is 1.41. The molecular formula is C10H16O. The van der Waals surface area contributed by atoms with Gasteiger partial charge in [-0.1, -0.05) is 38.0 Å². The maximum absolute atomic E-state index is 9.82. The van der Waals surface area contributed by atoms with Crippen LogP contribution >= 0.6 is 0 Å². The van der Waals surface area contributed by atoms with Crippen molar-refractivity contribution in [3.05, 3.63) is 24.3 Å². The third kappa shape index (κ3) is 9.15. The Morgan fingerprint density at radius 3 is 2.55 bits per heavy atom. The molecule has 0 heterocycles. The first-order valence-corrected chi connectivity index (χ1v) is 4.18. The van der Waals surface area contributed by atoms with Gasteiger partial charge in [-0.2, -0.15) is 0 Å². The van der Waals surface area contributed by atoms with Crippen LogP contribution in [0.15, 0.2) is 24.3 Å². The minimum atomic E-state index is 0.788. The summed E-state index contributed by atoms with van der Waals surface area (Å²) in [4.78, 5) is 9.82. The lowest BCUT2D eigenvalue weighted by atomic mass is 10.2. The van der Waals surface area contributed by atoms with Crippen molar-refractivity contribution in [2.24, 2.45) is 0 Å². The minimum Gasteiger partial charge on any atom is -0.299 e. The van der Waals surface area contributed by atoms with Crippen molar-refractivity contribution in [3.63, 3.8) is 0 Å². The van der Waals surface area contributed by atoms with Crippen LogP contribution in [0.4, 0.5) is 0 Å². The zero-order valence-electron chi connectivity index (χ0n) is 7.12. The van der Waals surface area contributed by atoms with Gasteiger partial charge in [0.2, 0.25) is 0 Å². The zero-order chi connectivity index (χ0) is 8.36. The topological polar surface area (TPSA) is 17.1 Å². The summed E-state index contributed by atoms with van der Waals surface area (Å²) < 4.78 is 0. The average molecular weight is 152 g/mol. The van der Waals surface area contributed by atoms with Gasteiger partial charge < -0.3 is 0 Å². The first-order valence-electron chi connectivity index (χ1n) is 4.18. The highest BCUT2D eigenvalue weighted by Crippen LogP contribution is 1.99. The fourth-order valence-corrected chi connectivity index (χ4v) is 0.796. The summed E-state index contributed by atoms with van der Waals surface area (Å²) in [7, 11) is 0. The number of carbonyl (C=O) groups is 1. The van der Waals surface area contributed by atoms with Crippen molar-refractivity contribution >= 4 is 6.29 Å². The van der Waals surface area contributed by atoms with Crippen LogP contribution in [-0.4, -0.2) is 6.29 Å². The lowest BCUT2D eigenvalue weighted by molar-refractivity contribution is -0.104. The Bertz CT molecular complexity index is 134. The highest BCUT2D eigenvalue weighted by Gasteiger charge is 1.79. The lowest BCUT2D eigenvalue weighted by Crippen LogP contribution is -1.69. The van der Waals surface area contributed by atoms with Crippen LogP contribution in [0.2, 0.25) is 0 Å². The third-order valence-corrected chi connectivity index (χ3v) is 1.41. The molecule has 0 bridgehead atoms. The molecule has 0 aliphatic carbocycles. The smallest absolute Gasteiger partial charge is 0.142 e. The SMILES string of the molecule is CCCCC/C=C\C=C\C=O. The molecule has 0 fully saturated rings. The van der Waals surface area contributed by atoms with E-state index in [4.69, 9.17) is 0 Å². The maximum Gasteiger partial charge on any atom is 0.142 e. The summed E-state index contributed by atoms with van der Waals surface area (Å²) in [5.41, 5.74) is 0. The molecule has 0 saturated carbocycles. The molecule has 0 aromatic carbocycles. The van der Waals surface area contributed by atoms with E-state index in [9.17, 15) is 4.79 Å². The first-order chi connectivity index (χ1) is 5.41. The second-order valence-corrected chi connectivity index (χ2v) is 2.44. The van der Waals surface area contributed by atoms with Crippen LogP contribution in [-0.2, 0) is 4.79 Å². The standard InChI is InChI=1S/C10H16O/c1-2-3-4-5-6-7-8-9-10-11/h6-10H,2-5H2,1H3/b7-6-,9-8+.